The highest BCUT2D eigenvalue weighted by molar-refractivity contribution is 6.00. The number of nitriles is 3. The fourth-order valence-electron chi connectivity index (χ4n) is 17.0. The molecular formula is C73H80F3N9O6. The fraction of sp³-hybridized carbons (Fsp3) is 0.507. The summed E-state index contributed by atoms with van der Waals surface area (Å²) < 4.78 is 47.0. The molecule has 9 fully saturated rings. The molecule has 15 nitrogen and oxygen atoms in total. The molecule has 91 heavy (non-hydrogen) atoms. The number of hydrogen-bond acceptors (Lipinski definition) is 12. The Morgan fingerprint density at radius 2 is 0.846 bits per heavy atom. The quantitative estimate of drug-likeness (QED) is 0.0774. The van der Waals surface area contributed by atoms with Crippen LogP contribution < -0.4 is 0 Å². The second-order valence-corrected chi connectivity index (χ2v) is 27.6. The van der Waals surface area contributed by atoms with Crippen LogP contribution in [0.4, 0.5) is 13.2 Å². The first kappa shape index (κ1) is 62.3. The van der Waals surface area contributed by atoms with Gasteiger partial charge in [0.15, 0.2) is 17.3 Å². The van der Waals surface area contributed by atoms with Crippen LogP contribution in [-0.4, -0.2) is 147 Å². The second-order valence-electron chi connectivity index (χ2n) is 27.6. The van der Waals surface area contributed by atoms with E-state index in [0.29, 0.717) is 78.2 Å². The Kier molecular flexibility index (Phi) is 17.3. The molecule has 6 bridgehead atoms. The Bertz CT molecular complexity index is 3870. The van der Waals surface area contributed by atoms with Crippen molar-refractivity contribution in [2.75, 3.05) is 19.6 Å². The molecule has 0 amide bonds. The summed E-state index contributed by atoms with van der Waals surface area (Å²) in [5, 5.41) is 57.9. The van der Waals surface area contributed by atoms with Gasteiger partial charge < -0.3 is 29.0 Å². The van der Waals surface area contributed by atoms with Gasteiger partial charge in [-0.2, -0.15) is 15.8 Å². The van der Waals surface area contributed by atoms with Gasteiger partial charge in [-0.3, -0.25) is 29.1 Å². The summed E-state index contributed by atoms with van der Waals surface area (Å²) in [4.78, 5) is 46.4. The zero-order valence-corrected chi connectivity index (χ0v) is 52.0. The van der Waals surface area contributed by atoms with Crippen molar-refractivity contribution in [1.82, 2.24) is 28.4 Å². The number of aliphatic hydroxyl groups is 3. The van der Waals surface area contributed by atoms with Crippen LogP contribution in [0.25, 0.3) is 17.1 Å². The van der Waals surface area contributed by atoms with E-state index in [0.717, 1.165) is 109 Å². The van der Waals surface area contributed by atoms with E-state index in [4.69, 9.17) is 15.8 Å². The van der Waals surface area contributed by atoms with Crippen LogP contribution >= 0.6 is 0 Å². The summed E-state index contributed by atoms with van der Waals surface area (Å²) in [5.41, 5.74) is 11.9. The molecule has 3 N–H and O–H groups in total. The minimum atomic E-state index is -2.66. The lowest BCUT2D eigenvalue weighted by molar-refractivity contribution is -0.0879. The Labute approximate surface area is 529 Å². The smallest absolute Gasteiger partial charge is 0.249 e. The third-order valence-corrected chi connectivity index (χ3v) is 22.2. The molecule has 3 saturated carbocycles. The lowest BCUT2D eigenvalue weighted by atomic mass is 9.79. The Hall–Kier alpha value is -7.47. The highest BCUT2D eigenvalue weighted by Gasteiger charge is 2.50. The van der Waals surface area contributed by atoms with Crippen molar-refractivity contribution in [2.24, 2.45) is 5.92 Å². The van der Waals surface area contributed by atoms with Gasteiger partial charge >= 0.3 is 0 Å². The number of aliphatic hydroxyl groups excluding tert-OH is 3. The third kappa shape index (κ3) is 12.0. The molecule has 0 spiro atoms. The van der Waals surface area contributed by atoms with E-state index in [1.807, 2.05) is 67.8 Å². The number of Topliss-reactive ketones (excluding diaryl/α,β-unsaturated/α-hetero) is 3. The molecule has 0 radical (unpaired) electrons. The topological polar surface area (TPSA) is 208 Å². The molecule has 6 unspecified atom stereocenters. The normalized spacial score (nSPS) is 27.8. The van der Waals surface area contributed by atoms with Crippen molar-refractivity contribution in [3.05, 3.63) is 159 Å². The van der Waals surface area contributed by atoms with Gasteiger partial charge in [-0.15, -0.1) is 0 Å². The number of benzene rings is 3. The fourth-order valence-corrected chi connectivity index (χ4v) is 17.0. The van der Waals surface area contributed by atoms with Crippen LogP contribution in [0.5, 0.6) is 0 Å². The molecule has 9 aliphatic rings. The number of rotatable bonds is 16. The van der Waals surface area contributed by atoms with Crippen LogP contribution in [0.15, 0.2) is 91.0 Å². The van der Waals surface area contributed by atoms with E-state index in [2.05, 4.69) is 48.1 Å². The van der Waals surface area contributed by atoms with Crippen molar-refractivity contribution >= 4 is 17.3 Å². The van der Waals surface area contributed by atoms with E-state index >= 15 is 0 Å². The van der Waals surface area contributed by atoms with Crippen molar-refractivity contribution in [2.45, 2.75) is 208 Å². The van der Waals surface area contributed by atoms with E-state index in [-0.39, 0.29) is 91.1 Å². The molecule has 3 aromatic heterocycles. The molecule has 18 heteroatoms. The summed E-state index contributed by atoms with van der Waals surface area (Å²) in [6.07, 6.45) is 11.8. The van der Waals surface area contributed by atoms with E-state index in [1.165, 1.54) is 25.0 Å². The Balaban J connectivity index is 0.000000125. The number of aromatic nitrogens is 3. The van der Waals surface area contributed by atoms with Crippen LogP contribution in [0.2, 0.25) is 0 Å². The zero-order valence-electron chi connectivity index (χ0n) is 52.0. The van der Waals surface area contributed by atoms with Crippen molar-refractivity contribution in [3.8, 4) is 35.3 Å². The molecule has 6 aliphatic heterocycles. The summed E-state index contributed by atoms with van der Waals surface area (Å²) in [6.45, 7) is 6.77. The number of ketones is 3. The minimum Gasteiger partial charge on any atom is -0.391 e. The summed E-state index contributed by atoms with van der Waals surface area (Å²) >= 11 is 0. The predicted molar refractivity (Wildman–Crippen MR) is 336 cm³/mol. The number of fused-ring (bicyclic) bond motifs is 6. The molecular weight excluding hydrogens is 1160 g/mol. The SMILES string of the molecule is Cc1c(C(=O)CN2C3CCC2[C@@H](O)C3)cc(C2CC(F)(F)C2)n1-c1ccc(C#N)cc1.Cc1c(C(=O)CN2C3CCC2[C@@H](O)C3)cc(C2CC(F)C2)n1-c1ccc(C#N)cc1.Cc1c(C(=O)CN2C3CCC2[C@@H](O)C3)cc(CC2CCC2)n1-c1ccc(C#N)cc1. The van der Waals surface area contributed by atoms with Gasteiger partial charge in [0.2, 0.25) is 5.92 Å². The molecule has 3 aromatic carbocycles. The Morgan fingerprint density at radius 3 is 1.15 bits per heavy atom. The van der Waals surface area contributed by atoms with Crippen LogP contribution in [0, 0.1) is 60.7 Å². The molecule has 474 valence electrons. The lowest BCUT2D eigenvalue weighted by Crippen LogP contribution is -2.36. The van der Waals surface area contributed by atoms with Crippen LogP contribution in [0.1, 0.15) is 196 Å². The standard InChI is InChI=1S/C25H29N3O2.C24H25F2N3O2.C24H26FN3O2/c1-16-22(25(30)15-27-20-9-10-23(27)24(29)13-20)12-21(11-17-3-2-4-17)28(16)19-7-5-18(14-26)6-8-19;1-14-19(23(31)13-28-18-6-7-20(28)22(30)8-18)9-21(16-10-24(25,26)11-16)29(14)17-4-2-15(12-27)3-5-17;1-14-20(24(30)13-27-19-6-7-21(27)23(29)10-19)11-22(16-8-17(25)9-16)28(14)18-4-2-15(12-26)3-5-18/h5-8,12,17,20,23-24,29H,2-4,9-11,13,15H2,1H3;2-5,9,16,18,20,22,30H,6-8,10-11,13H2,1H3;2-5,11,16-17,19,21,23,29H,6-10,13H2,1H3/t20?,23?,24-;18?,20?,22-;16?,17?,19?,21?,23-/m000/s1. The van der Waals surface area contributed by atoms with Gasteiger partial charge in [-0.05, 0) is 195 Å². The van der Waals surface area contributed by atoms with Gasteiger partial charge in [-0.25, -0.2) is 13.2 Å². The Morgan fingerprint density at radius 1 is 0.495 bits per heavy atom. The van der Waals surface area contributed by atoms with Crippen molar-refractivity contribution in [3.63, 3.8) is 0 Å². The van der Waals surface area contributed by atoms with Gasteiger partial charge in [0.1, 0.15) is 6.17 Å². The first-order valence-electron chi connectivity index (χ1n) is 32.9. The van der Waals surface area contributed by atoms with Gasteiger partial charge in [-0.1, -0.05) is 19.3 Å². The summed E-state index contributed by atoms with van der Waals surface area (Å²) in [6, 6.07) is 35.3. The highest BCUT2D eigenvalue weighted by atomic mass is 19.3. The van der Waals surface area contributed by atoms with Gasteiger partial charge in [0.05, 0.1) is 72.8 Å². The molecule has 6 aromatic rings. The summed E-state index contributed by atoms with van der Waals surface area (Å²) in [5.74, 6) is -2.00. The maximum Gasteiger partial charge on any atom is 0.249 e. The average molecular weight is 1240 g/mol. The highest BCUT2D eigenvalue weighted by Crippen LogP contribution is 2.50. The van der Waals surface area contributed by atoms with E-state index in [9.17, 15) is 42.9 Å². The van der Waals surface area contributed by atoms with Crippen LogP contribution in [0.3, 0.4) is 0 Å². The largest absolute Gasteiger partial charge is 0.391 e. The van der Waals surface area contributed by atoms with Gasteiger partial charge in [0, 0.05) is 129 Å². The monoisotopic (exact) mass is 1240 g/mol. The maximum absolute atomic E-state index is 13.6. The van der Waals surface area contributed by atoms with E-state index < -0.39 is 12.1 Å². The minimum absolute atomic E-state index is 0.0387. The van der Waals surface area contributed by atoms with Crippen molar-refractivity contribution < 1.29 is 42.9 Å². The first-order valence-corrected chi connectivity index (χ1v) is 32.9. The molecule has 15 rings (SSSR count). The molecule has 6 saturated heterocycles. The second kappa shape index (κ2) is 25.2. The number of alkyl halides is 3. The van der Waals surface area contributed by atoms with Crippen molar-refractivity contribution in [1.29, 1.82) is 15.8 Å². The molecule has 3 aliphatic carbocycles. The molecule has 9 atom stereocenters. The number of nitrogens with zero attached hydrogens (tertiary/aromatic N) is 9. The third-order valence-electron chi connectivity index (χ3n) is 22.2. The zero-order chi connectivity index (χ0) is 63.7. The average Bonchev–Trinajstić information content (AvgIpc) is 1.67. The summed E-state index contributed by atoms with van der Waals surface area (Å²) in [7, 11) is 0. The maximum atomic E-state index is 13.6. The lowest BCUT2D eigenvalue weighted by Gasteiger charge is -2.35. The predicted octanol–water partition coefficient (Wildman–Crippen LogP) is 11.4. The van der Waals surface area contributed by atoms with Crippen LogP contribution in [-0.2, 0) is 6.42 Å². The van der Waals surface area contributed by atoms with Gasteiger partial charge in [0.25, 0.3) is 0 Å². The number of halogens is 3. The number of carbonyl (C=O) groups is 3. The number of hydrogen-bond donors (Lipinski definition) is 3. The first-order chi connectivity index (χ1) is 43.8. The van der Waals surface area contributed by atoms with E-state index in [1.54, 1.807) is 42.5 Å². The molecule has 9 heterocycles. The number of carbonyl (C=O) groups excluding carboxylic acids is 3.